The van der Waals surface area contributed by atoms with Crippen molar-refractivity contribution in [3.63, 3.8) is 0 Å². The van der Waals surface area contributed by atoms with E-state index in [0.717, 1.165) is 36.9 Å². The smallest absolute Gasteiger partial charge is 0.340 e. The Morgan fingerprint density at radius 2 is 1.82 bits per heavy atom. The fourth-order valence-electron chi connectivity index (χ4n) is 5.13. The quantitative estimate of drug-likeness (QED) is 0.654. The molecule has 4 heteroatoms. The highest BCUT2D eigenvalue weighted by Crippen LogP contribution is 2.52. The Balaban J connectivity index is 1.40. The number of fused-ring (bicyclic) bond motifs is 2. The normalized spacial score (nSPS) is 26.9. The summed E-state index contributed by atoms with van der Waals surface area (Å²) in [6.07, 6.45) is 5.01. The third kappa shape index (κ3) is 2.21. The van der Waals surface area contributed by atoms with Gasteiger partial charge in [0.15, 0.2) is 11.4 Å². The Hall–Kier alpha value is -2.46. The van der Waals surface area contributed by atoms with Crippen LogP contribution in [-0.2, 0) is 15.8 Å². The van der Waals surface area contributed by atoms with Crippen LogP contribution in [0.15, 0.2) is 42.5 Å². The predicted octanol–water partition coefficient (Wildman–Crippen LogP) is 3.84. The number of hydrogen-bond acceptors (Lipinski definition) is 4. The molecule has 1 saturated heterocycles. The van der Waals surface area contributed by atoms with E-state index in [1.165, 1.54) is 18.4 Å². The van der Waals surface area contributed by atoms with Crippen LogP contribution in [0.2, 0.25) is 0 Å². The lowest BCUT2D eigenvalue weighted by molar-refractivity contribution is 0.00158. The first-order valence-electron chi connectivity index (χ1n) is 10.4. The molecule has 2 aliphatic carbocycles. The first kappa shape index (κ1) is 16.5. The number of ketones is 1. The van der Waals surface area contributed by atoms with Gasteiger partial charge in [-0.05, 0) is 49.3 Å². The Bertz CT molecular complexity index is 993. The number of hydrogen-bond donors (Lipinski definition) is 1. The third-order valence-corrected chi connectivity index (χ3v) is 7.10. The number of Topliss-reactive ketones (excluding diaryl/α,β-unsaturated/α-hetero) is 1. The highest BCUT2D eigenvalue weighted by molar-refractivity contribution is 6.14. The molecule has 3 fully saturated rings. The van der Waals surface area contributed by atoms with Gasteiger partial charge >= 0.3 is 5.97 Å². The molecule has 1 spiro atoms. The zero-order valence-electron chi connectivity index (χ0n) is 15.8. The molecule has 4 aliphatic rings. The zero-order valence-corrected chi connectivity index (χ0v) is 15.8. The summed E-state index contributed by atoms with van der Waals surface area (Å²) in [5, 5.41) is 3.29. The molecule has 2 aromatic rings. The summed E-state index contributed by atoms with van der Waals surface area (Å²) >= 11 is 0. The molecular formula is C24H23NO3. The molecule has 28 heavy (non-hydrogen) atoms. The lowest BCUT2D eigenvalue weighted by Crippen LogP contribution is -2.28. The Morgan fingerprint density at radius 1 is 1.04 bits per heavy atom. The average Bonchev–Trinajstić information content (AvgIpc) is 3.65. The highest BCUT2D eigenvalue weighted by Gasteiger charge is 2.54. The zero-order chi connectivity index (χ0) is 18.9. The molecule has 142 valence electrons. The van der Waals surface area contributed by atoms with Gasteiger partial charge in [-0.25, -0.2) is 4.79 Å². The maximum Gasteiger partial charge on any atom is 0.340 e. The van der Waals surface area contributed by atoms with Crippen LogP contribution in [0.5, 0.6) is 0 Å². The fourth-order valence-corrected chi connectivity index (χ4v) is 5.13. The van der Waals surface area contributed by atoms with Crippen molar-refractivity contribution in [3.05, 3.63) is 70.3 Å². The van der Waals surface area contributed by atoms with Crippen LogP contribution in [0.3, 0.4) is 0 Å². The van der Waals surface area contributed by atoms with Gasteiger partial charge in [0.25, 0.3) is 0 Å². The van der Waals surface area contributed by atoms with E-state index < -0.39 is 11.0 Å². The van der Waals surface area contributed by atoms with Crippen molar-refractivity contribution < 1.29 is 14.3 Å². The molecule has 0 radical (unpaired) electrons. The number of carbonyl (C=O) groups excluding carboxylic acids is 2. The molecule has 1 N–H and O–H groups in total. The Labute approximate surface area is 164 Å². The lowest BCUT2D eigenvalue weighted by atomic mass is 9.82. The number of esters is 1. The van der Waals surface area contributed by atoms with Crippen molar-refractivity contribution >= 4 is 11.8 Å². The van der Waals surface area contributed by atoms with Crippen LogP contribution in [-0.4, -0.2) is 24.8 Å². The van der Waals surface area contributed by atoms with Crippen LogP contribution in [0.25, 0.3) is 0 Å². The number of ether oxygens (including phenoxy) is 1. The van der Waals surface area contributed by atoms with Crippen LogP contribution < -0.4 is 5.32 Å². The number of benzene rings is 2. The van der Waals surface area contributed by atoms with E-state index in [0.29, 0.717) is 23.6 Å². The molecule has 2 aromatic carbocycles. The van der Waals surface area contributed by atoms with E-state index in [1.807, 2.05) is 18.2 Å². The molecule has 4 nitrogen and oxygen atoms in total. The van der Waals surface area contributed by atoms with Gasteiger partial charge in [0.2, 0.25) is 0 Å². The minimum atomic E-state index is -0.592. The van der Waals surface area contributed by atoms with Crippen molar-refractivity contribution in [2.75, 3.05) is 13.1 Å². The van der Waals surface area contributed by atoms with E-state index in [9.17, 15) is 9.59 Å². The van der Waals surface area contributed by atoms with Crippen LogP contribution >= 0.6 is 0 Å². The largest absolute Gasteiger partial charge is 0.449 e. The maximum atomic E-state index is 13.6. The van der Waals surface area contributed by atoms with Crippen molar-refractivity contribution in [2.24, 2.45) is 0 Å². The topological polar surface area (TPSA) is 55.4 Å². The van der Waals surface area contributed by atoms with Gasteiger partial charge < -0.3 is 10.1 Å². The van der Waals surface area contributed by atoms with Crippen LogP contribution in [0.4, 0.5) is 0 Å². The summed E-state index contributed by atoms with van der Waals surface area (Å²) < 4.78 is 5.81. The molecule has 6 rings (SSSR count). The second kappa shape index (κ2) is 5.54. The molecule has 1 atom stereocenters. The fraction of sp³-hybridized carbons (Fsp3) is 0.417. The SMILES string of the molecule is O=C1OC2(CCNC2)c2cccc(C(=O)C3(c4ccc(C5CC5)cc4)CC3)c21. The minimum Gasteiger partial charge on any atom is -0.449 e. The second-order valence-corrected chi connectivity index (χ2v) is 8.85. The molecule has 0 amide bonds. The van der Waals surface area contributed by atoms with Crippen LogP contribution in [0.1, 0.15) is 75.4 Å². The van der Waals surface area contributed by atoms with E-state index in [1.54, 1.807) is 0 Å². The van der Waals surface area contributed by atoms with Crippen molar-refractivity contribution in [2.45, 2.75) is 49.0 Å². The second-order valence-electron chi connectivity index (χ2n) is 8.85. The average molecular weight is 373 g/mol. The first-order chi connectivity index (χ1) is 13.6. The summed E-state index contributed by atoms with van der Waals surface area (Å²) in [5.41, 5.74) is 3.32. The Morgan fingerprint density at radius 3 is 2.46 bits per heavy atom. The highest BCUT2D eigenvalue weighted by atomic mass is 16.6. The summed E-state index contributed by atoms with van der Waals surface area (Å²) in [6.45, 7) is 1.44. The van der Waals surface area contributed by atoms with Gasteiger partial charge in [-0.2, -0.15) is 0 Å². The van der Waals surface area contributed by atoms with E-state index in [2.05, 4.69) is 29.6 Å². The third-order valence-electron chi connectivity index (χ3n) is 7.10. The maximum absolute atomic E-state index is 13.6. The van der Waals surface area contributed by atoms with Crippen molar-refractivity contribution in [1.82, 2.24) is 5.32 Å². The molecule has 2 aliphatic heterocycles. The number of nitrogens with one attached hydrogen (secondary N) is 1. The number of carbonyl (C=O) groups is 2. The lowest BCUT2D eigenvalue weighted by Gasteiger charge is -2.22. The van der Waals surface area contributed by atoms with Gasteiger partial charge in [-0.3, -0.25) is 4.79 Å². The van der Waals surface area contributed by atoms with Gasteiger partial charge in [0, 0.05) is 24.1 Å². The van der Waals surface area contributed by atoms with Gasteiger partial charge in [-0.15, -0.1) is 0 Å². The summed E-state index contributed by atoms with van der Waals surface area (Å²) in [4.78, 5) is 26.4. The molecular weight excluding hydrogens is 350 g/mol. The summed E-state index contributed by atoms with van der Waals surface area (Å²) in [6, 6.07) is 14.3. The number of rotatable bonds is 4. The van der Waals surface area contributed by atoms with Crippen LogP contribution in [0, 0.1) is 0 Å². The van der Waals surface area contributed by atoms with Gasteiger partial charge in [0.05, 0.1) is 11.0 Å². The van der Waals surface area contributed by atoms with Gasteiger partial charge in [0.1, 0.15) is 0 Å². The van der Waals surface area contributed by atoms with E-state index >= 15 is 0 Å². The minimum absolute atomic E-state index is 0.0727. The molecule has 2 heterocycles. The van der Waals surface area contributed by atoms with Crippen molar-refractivity contribution in [3.8, 4) is 0 Å². The van der Waals surface area contributed by atoms with Gasteiger partial charge in [-0.1, -0.05) is 42.5 Å². The summed E-state index contributed by atoms with van der Waals surface area (Å²) in [7, 11) is 0. The van der Waals surface area contributed by atoms with E-state index in [4.69, 9.17) is 4.74 Å². The monoisotopic (exact) mass is 373 g/mol. The molecule has 1 unspecified atom stereocenters. The molecule has 0 aromatic heterocycles. The predicted molar refractivity (Wildman–Crippen MR) is 105 cm³/mol. The van der Waals surface area contributed by atoms with E-state index in [-0.39, 0.29) is 11.8 Å². The summed E-state index contributed by atoms with van der Waals surface area (Å²) in [5.74, 6) is 0.439. The molecule has 2 saturated carbocycles. The first-order valence-corrected chi connectivity index (χ1v) is 10.4. The molecule has 0 bridgehead atoms. The Kier molecular flexibility index (Phi) is 3.26. The van der Waals surface area contributed by atoms with Crippen molar-refractivity contribution in [1.29, 1.82) is 0 Å². The standard InChI is InChI=1S/C24H23NO3/c26-21(23(10-11-23)17-8-6-16(7-9-17)15-4-5-15)18-2-1-3-19-20(18)22(27)28-24(19)12-13-25-14-24/h1-3,6-9,15,25H,4-5,10-14H2.